The number of nitro groups is 1. The first-order chi connectivity index (χ1) is 15.4. The summed E-state index contributed by atoms with van der Waals surface area (Å²) in [6.45, 7) is 0.230. The van der Waals surface area contributed by atoms with Crippen LogP contribution in [0.5, 0.6) is 5.75 Å². The van der Waals surface area contributed by atoms with Gasteiger partial charge in [0, 0.05) is 25.2 Å². The number of carbonyl (C=O) groups is 1. The van der Waals surface area contributed by atoms with Crippen LogP contribution in [0.2, 0.25) is 0 Å². The Labute approximate surface area is 192 Å². The minimum atomic E-state index is -0.422. The van der Waals surface area contributed by atoms with Crippen molar-refractivity contribution < 1.29 is 14.5 Å². The molecule has 2 fully saturated rings. The molecular weight excluding hydrogens is 426 g/mol. The lowest BCUT2D eigenvalue weighted by Gasteiger charge is -2.30. The molecule has 8 heteroatoms. The van der Waals surface area contributed by atoms with Gasteiger partial charge in [0.1, 0.15) is 18.1 Å². The van der Waals surface area contributed by atoms with Crippen molar-refractivity contribution in [3.63, 3.8) is 0 Å². The number of non-ortho nitro benzene ring substituents is 1. The number of hydrogen-bond acceptors (Lipinski definition) is 5. The highest BCUT2D eigenvalue weighted by atomic mass is 32.1. The summed E-state index contributed by atoms with van der Waals surface area (Å²) in [6.07, 6.45) is 7.35. The summed E-state index contributed by atoms with van der Waals surface area (Å²) < 4.78 is 5.76. The average Bonchev–Trinajstić information content (AvgIpc) is 3.02. The van der Waals surface area contributed by atoms with E-state index in [9.17, 15) is 14.9 Å². The fourth-order valence-corrected chi connectivity index (χ4v) is 4.51. The van der Waals surface area contributed by atoms with Crippen molar-refractivity contribution in [1.82, 2.24) is 9.80 Å². The molecule has 1 saturated heterocycles. The van der Waals surface area contributed by atoms with Crippen LogP contribution in [0.3, 0.4) is 0 Å². The average molecular weight is 452 g/mol. The van der Waals surface area contributed by atoms with Gasteiger partial charge in [-0.15, -0.1) is 0 Å². The van der Waals surface area contributed by atoms with Gasteiger partial charge >= 0.3 is 0 Å². The molecule has 0 unspecified atom stereocenters. The predicted molar refractivity (Wildman–Crippen MR) is 126 cm³/mol. The number of rotatable bonds is 6. The molecule has 32 heavy (non-hydrogen) atoms. The summed E-state index contributed by atoms with van der Waals surface area (Å²) in [4.78, 5) is 27.1. The number of nitro benzene ring substituents is 1. The topological polar surface area (TPSA) is 75.9 Å². The zero-order valence-electron chi connectivity index (χ0n) is 17.9. The lowest BCUT2D eigenvalue weighted by molar-refractivity contribution is -0.384. The maximum absolute atomic E-state index is 13.1. The fraction of sp³-hybridized carbons (Fsp3) is 0.333. The number of thiocarbonyl (C=S) groups is 1. The summed E-state index contributed by atoms with van der Waals surface area (Å²) in [5.74, 6) is 0.611. The number of nitrogens with zero attached hydrogens (tertiary/aromatic N) is 3. The Kier molecular flexibility index (Phi) is 6.50. The first kappa shape index (κ1) is 22.0. The molecule has 1 aliphatic carbocycles. The second-order valence-electron chi connectivity index (χ2n) is 8.12. The quantitative estimate of drug-likeness (QED) is 0.269. The maximum atomic E-state index is 13.1. The first-order valence-corrected chi connectivity index (χ1v) is 11.1. The van der Waals surface area contributed by atoms with Gasteiger partial charge < -0.3 is 9.64 Å². The number of ether oxygens (including phenoxy) is 1. The molecule has 1 aliphatic heterocycles. The van der Waals surface area contributed by atoms with Crippen LogP contribution in [0.4, 0.5) is 5.69 Å². The highest BCUT2D eigenvalue weighted by molar-refractivity contribution is 7.80. The summed E-state index contributed by atoms with van der Waals surface area (Å²) in [7, 11) is 1.84. The zero-order chi connectivity index (χ0) is 22.7. The van der Waals surface area contributed by atoms with E-state index in [1.54, 1.807) is 21.9 Å². The molecule has 0 radical (unpaired) electrons. The van der Waals surface area contributed by atoms with Crippen molar-refractivity contribution in [2.45, 2.75) is 44.8 Å². The van der Waals surface area contributed by atoms with Crippen LogP contribution in [0.1, 0.15) is 43.2 Å². The zero-order valence-corrected chi connectivity index (χ0v) is 18.7. The lowest BCUT2D eigenvalue weighted by Crippen LogP contribution is -2.41. The van der Waals surface area contributed by atoms with Crippen molar-refractivity contribution in [2.75, 3.05) is 7.05 Å². The molecule has 0 bridgehead atoms. The third-order valence-corrected chi connectivity index (χ3v) is 6.41. The van der Waals surface area contributed by atoms with E-state index in [-0.39, 0.29) is 24.2 Å². The van der Waals surface area contributed by atoms with E-state index in [0.717, 1.165) is 36.8 Å². The molecule has 1 saturated carbocycles. The van der Waals surface area contributed by atoms with Gasteiger partial charge in [-0.05, 0) is 54.4 Å². The number of likely N-dealkylation sites (N-methyl/N-ethyl adjacent to an activating group) is 1. The molecule has 1 heterocycles. The molecule has 0 N–H and O–H groups in total. The van der Waals surface area contributed by atoms with Gasteiger partial charge in [0.05, 0.1) is 4.92 Å². The van der Waals surface area contributed by atoms with Gasteiger partial charge in [0.25, 0.3) is 11.6 Å². The van der Waals surface area contributed by atoms with E-state index >= 15 is 0 Å². The second-order valence-corrected chi connectivity index (χ2v) is 8.49. The Morgan fingerprint density at radius 3 is 2.56 bits per heavy atom. The van der Waals surface area contributed by atoms with Crippen LogP contribution in [0.15, 0.2) is 54.2 Å². The molecule has 0 atom stereocenters. The minimum Gasteiger partial charge on any atom is -0.489 e. The van der Waals surface area contributed by atoms with Gasteiger partial charge in [-0.1, -0.05) is 43.5 Å². The minimum absolute atomic E-state index is 0.0320. The monoisotopic (exact) mass is 451 g/mol. The number of hydrogen-bond donors (Lipinski definition) is 0. The van der Waals surface area contributed by atoms with Crippen molar-refractivity contribution >= 4 is 35.0 Å². The normalized spacial score (nSPS) is 18.5. The standard InChI is InChI=1S/C24H25N3O4S/c1-25-22(23(28)26(24(25)32)19-7-3-2-4-8-19)15-17-10-12-21(13-11-17)31-16-18-6-5-9-20(14-18)27(29)30/h5-6,9-15,19H,2-4,7-8,16H2,1H3/b22-15-. The highest BCUT2D eigenvalue weighted by Gasteiger charge is 2.40. The summed E-state index contributed by atoms with van der Waals surface area (Å²) in [6, 6.07) is 14.0. The Morgan fingerprint density at radius 1 is 1.16 bits per heavy atom. The lowest BCUT2D eigenvalue weighted by atomic mass is 9.94. The first-order valence-electron chi connectivity index (χ1n) is 10.7. The van der Waals surface area contributed by atoms with Crippen LogP contribution in [-0.4, -0.2) is 38.8 Å². The number of carbonyl (C=O) groups excluding carboxylic acids is 1. The smallest absolute Gasteiger partial charge is 0.277 e. The van der Waals surface area contributed by atoms with Crippen molar-refractivity contribution in [1.29, 1.82) is 0 Å². The van der Waals surface area contributed by atoms with Crippen molar-refractivity contribution in [3.8, 4) is 5.75 Å². The predicted octanol–water partition coefficient (Wildman–Crippen LogP) is 4.91. The van der Waals surface area contributed by atoms with E-state index in [4.69, 9.17) is 17.0 Å². The van der Waals surface area contributed by atoms with Gasteiger partial charge in [0.15, 0.2) is 5.11 Å². The van der Waals surface area contributed by atoms with Crippen LogP contribution in [-0.2, 0) is 11.4 Å². The second kappa shape index (κ2) is 9.48. The van der Waals surface area contributed by atoms with Crippen LogP contribution >= 0.6 is 12.2 Å². The molecule has 166 valence electrons. The van der Waals surface area contributed by atoms with Gasteiger partial charge in [-0.25, -0.2) is 0 Å². The molecule has 0 spiro atoms. The van der Waals surface area contributed by atoms with E-state index in [2.05, 4.69) is 0 Å². The molecular formula is C24H25N3O4S. The van der Waals surface area contributed by atoms with Crippen LogP contribution < -0.4 is 4.74 Å². The highest BCUT2D eigenvalue weighted by Crippen LogP contribution is 2.31. The maximum Gasteiger partial charge on any atom is 0.277 e. The molecule has 4 rings (SSSR count). The van der Waals surface area contributed by atoms with E-state index in [0.29, 0.717) is 16.6 Å². The molecule has 0 aromatic heterocycles. The summed E-state index contributed by atoms with van der Waals surface area (Å²) in [5, 5.41) is 11.5. The van der Waals surface area contributed by atoms with Gasteiger partial charge in [0.2, 0.25) is 0 Å². The molecule has 7 nitrogen and oxygen atoms in total. The van der Waals surface area contributed by atoms with E-state index in [1.807, 2.05) is 37.4 Å². The summed E-state index contributed by atoms with van der Waals surface area (Å²) >= 11 is 5.57. The van der Waals surface area contributed by atoms with E-state index < -0.39 is 4.92 Å². The Morgan fingerprint density at radius 2 is 1.88 bits per heavy atom. The molecule has 2 aromatic rings. The van der Waals surface area contributed by atoms with Crippen LogP contribution in [0.25, 0.3) is 6.08 Å². The summed E-state index contributed by atoms with van der Waals surface area (Å²) in [5.41, 5.74) is 2.21. The molecule has 2 aromatic carbocycles. The Balaban J connectivity index is 1.43. The van der Waals surface area contributed by atoms with Crippen molar-refractivity contribution in [2.24, 2.45) is 0 Å². The van der Waals surface area contributed by atoms with Gasteiger partial charge in [-0.2, -0.15) is 0 Å². The largest absolute Gasteiger partial charge is 0.489 e. The molecule has 2 aliphatic rings. The van der Waals surface area contributed by atoms with Crippen LogP contribution in [0, 0.1) is 10.1 Å². The van der Waals surface area contributed by atoms with E-state index in [1.165, 1.54) is 18.6 Å². The van der Waals surface area contributed by atoms with Crippen molar-refractivity contribution in [3.05, 3.63) is 75.5 Å². The number of amides is 1. The fourth-order valence-electron chi connectivity index (χ4n) is 4.18. The Bertz CT molecular complexity index is 1060. The number of benzene rings is 2. The molecule has 1 amide bonds. The SMILES string of the molecule is CN1C(=S)N(C2CCCCC2)C(=O)/C1=C/c1ccc(OCc2cccc([N+](=O)[O-])c2)cc1. The Hall–Kier alpha value is -3.26. The third-order valence-electron chi connectivity index (χ3n) is 5.94. The van der Waals surface area contributed by atoms with Gasteiger partial charge in [-0.3, -0.25) is 19.8 Å². The third kappa shape index (κ3) is 4.65.